The average Bonchev–Trinajstić information content (AvgIpc) is 2.60. The number of rotatable bonds is 9. The first-order chi connectivity index (χ1) is 12.2. The molecule has 0 heterocycles. The molecule has 134 valence electrons. The second kappa shape index (κ2) is 10.2. The predicted octanol–water partition coefficient (Wildman–Crippen LogP) is 5.30. The van der Waals surface area contributed by atoms with Gasteiger partial charge in [0.15, 0.2) is 11.5 Å². The molecule has 0 fully saturated rings. The van der Waals surface area contributed by atoms with Gasteiger partial charge in [0, 0.05) is 15.6 Å². The summed E-state index contributed by atoms with van der Waals surface area (Å²) in [6.45, 7) is 5.70. The van der Waals surface area contributed by atoms with Crippen LogP contribution in [0.2, 0.25) is 10.0 Å². The van der Waals surface area contributed by atoms with Crippen LogP contribution in [0.4, 0.5) is 0 Å². The molecule has 0 saturated heterocycles. The molecule has 0 saturated carbocycles. The van der Waals surface area contributed by atoms with E-state index in [1.807, 2.05) is 31.2 Å². The molecule has 0 spiro atoms. The third-order valence-corrected chi connectivity index (χ3v) is 4.06. The maximum Gasteiger partial charge on any atom is 0.161 e. The minimum absolute atomic E-state index is 0.449. The van der Waals surface area contributed by atoms with Crippen LogP contribution in [0.3, 0.4) is 0 Å². The third-order valence-electron chi connectivity index (χ3n) is 3.35. The number of hydrogen-bond acceptors (Lipinski definition) is 4. The third kappa shape index (κ3) is 5.83. The standard InChI is InChI=1S/C19H22Cl2N2O2/c1-3-10-25-18-9-8-14(11-19(18)24-4-2)12-22-23-13-15-16(20)6-5-7-17(15)21/h5-9,11-12,23H,3-4,10,13H2,1-2H3/b22-12-. The summed E-state index contributed by atoms with van der Waals surface area (Å²) >= 11 is 12.3. The number of hydrazone groups is 1. The zero-order valence-corrected chi connectivity index (χ0v) is 15.9. The Balaban J connectivity index is 2.01. The Morgan fingerprint density at radius 3 is 2.48 bits per heavy atom. The van der Waals surface area contributed by atoms with E-state index in [0.717, 1.165) is 23.3 Å². The highest BCUT2D eigenvalue weighted by molar-refractivity contribution is 6.35. The van der Waals surface area contributed by atoms with Crippen molar-refractivity contribution in [1.29, 1.82) is 0 Å². The van der Waals surface area contributed by atoms with Crippen molar-refractivity contribution in [2.75, 3.05) is 13.2 Å². The maximum atomic E-state index is 6.13. The first kappa shape index (κ1) is 19.4. The van der Waals surface area contributed by atoms with Gasteiger partial charge in [-0.15, -0.1) is 0 Å². The fraction of sp³-hybridized carbons (Fsp3) is 0.316. The summed E-state index contributed by atoms with van der Waals surface area (Å²) in [5, 5.41) is 5.46. The molecule has 0 bridgehead atoms. The highest BCUT2D eigenvalue weighted by Crippen LogP contribution is 2.28. The summed E-state index contributed by atoms with van der Waals surface area (Å²) in [4.78, 5) is 0. The molecule has 0 radical (unpaired) electrons. The molecule has 6 heteroatoms. The van der Waals surface area contributed by atoms with Gasteiger partial charge in [0.2, 0.25) is 0 Å². The Hall–Kier alpha value is -1.91. The minimum Gasteiger partial charge on any atom is -0.490 e. The van der Waals surface area contributed by atoms with E-state index in [1.165, 1.54) is 0 Å². The monoisotopic (exact) mass is 380 g/mol. The van der Waals surface area contributed by atoms with Crippen molar-refractivity contribution in [3.8, 4) is 11.5 Å². The van der Waals surface area contributed by atoms with Crippen molar-refractivity contribution < 1.29 is 9.47 Å². The molecular formula is C19H22Cl2N2O2. The van der Waals surface area contributed by atoms with Gasteiger partial charge in [-0.2, -0.15) is 5.10 Å². The summed E-state index contributed by atoms with van der Waals surface area (Å²) in [5.41, 5.74) is 4.69. The van der Waals surface area contributed by atoms with E-state index >= 15 is 0 Å². The topological polar surface area (TPSA) is 42.8 Å². The maximum absolute atomic E-state index is 6.13. The average molecular weight is 381 g/mol. The van der Waals surface area contributed by atoms with Crippen LogP contribution in [0, 0.1) is 0 Å². The van der Waals surface area contributed by atoms with Crippen molar-refractivity contribution in [2.24, 2.45) is 5.10 Å². The van der Waals surface area contributed by atoms with Gasteiger partial charge in [0.25, 0.3) is 0 Å². The fourth-order valence-corrected chi connectivity index (χ4v) is 2.68. The lowest BCUT2D eigenvalue weighted by atomic mass is 10.2. The van der Waals surface area contributed by atoms with Gasteiger partial charge in [-0.05, 0) is 49.2 Å². The molecule has 0 aliphatic rings. The van der Waals surface area contributed by atoms with Crippen LogP contribution in [0.5, 0.6) is 11.5 Å². The van der Waals surface area contributed by atoms with E-state index in [1.54, 1.807) is 18.3 Å². The number of benzene rings is 2. The largest absolute Gasteiger partial charge is 0.490 e. The lowest BCUT2D eigenvalue weighted by molar-refractivity contribution is 0.277. The molecular weight excluding hydrogens is 359 g/mol. The van der Waals surface area contributed by atoms with Gasteiger partial charge in [0.05, 0.1) is 26.0 Å². The van der Waals surface area contributed by atoms with Crippen LogP contribution in [0.15, 0.2) is 41.5 Å². The molecule has 25 heavy (non-hydrogen) atoms. The summed E-state index contributed by atoms with van der Waals surface area (Å²) in [6.07, 6.45) is 2.67. The Morgan fingerprint density at radius 2 is 1.80 bits per heavy atom. The predicted molar refractivity (Wildman–Crippen MR) is 104 cm³/mol. The molecule has 2 aromatic carbocycles. The molecule has 0 aliphatic heterocycles. The number of halogens is 2. The Bertz CT molecular complexity index is 700. The SMILES string of the molecule is CCCOc1ccc(/C=N\NCc2c(Cl)cccc2Cl)cc1OCC. The molecule has 0 aromatic heterocycles. The van der Waals surface area contributed by atoms with Gasteiger partial charge in [-0.25, -0.2) is 0 Å². The number of nitrogens with one attached hydrogen (secondary N) is 1. The fourth-order valence-electron chi connectivity index (χ4n) is 2.15. The second-order valence-electron chi connectivity index (χ2n) is 5.28. The van der Waals surface area contributed by atoms with Gasteiger partial charge in [-0.3, -0.25) is 0 Å². The molecule has 0 unspecified atom stereocenters. The summed E-state index contributed by atoms with van der Waals surface area (Å²) in [7, 11) is 0. The molecule has 2 aromatic rings. The van der Waals surface area contributed by atoms with Crippen molar-refractivity contribution in [3.05, 3.63) is 57.6 Å². The highest BCUT2D eigenvalue weighted by atomic mass is 35.5. The number of nitrogens with zero attached hydrogens (tertiary/aromatic N) is 1. The molecule has 0 atom stereocenters. The Kier molecular flexibility index (Phi) is 7.89. The van der Waals surface area contributed by atoms with Crippen molar-refractivity contribution in [2.45, 2.75) is 26.8 Å². The summed E-state index contributed by atoms with van der Waals surface area (Å²) in [6, 6.07) is 11.2. The van der Waals surface area contributed by atoms with E-state index in [4.69, 9.17) is 32.7 Å². The van der Waals surface area contributed by atoms with Crippen molar-refractivity contribution >= 4 is 29.4 Å². The van der Waals surface area contributed by atoms with Crippen LogP contribution in [-0.4, -0.2) is 19.4 Å². The molecule has 2 rings (SSSR count). The van der Waals surface area contributed by atoms with Crippen LogP contribution in [0.25, 0.3) is 0 Å². The highest BCUT2D eigenvalue weighted by Gasteiger charge is 2.06. The molecule has 0 aliphatic carbocycles. The Labute approximate surface area is 158 Å². The Morgan fingerprint density at radius 1 is 1.04 bits per heavy atom. The van der Waals surface area contributed by atoms with E-state index < -0.39 is 0 Å². The van der Waals surface area contributed by atoms with Gasteiger partial charge >= 0.3 is 0 Å². The van der Waals surface area contributed by atoms with E-state index in [-0.39, 0.29) is 0 Å². The first-order valence-electron chi connectivity index (χ1n) is 8.24. The smallest absolute Gasteiger partial charge is 0.161 e. The van der Waals surface area contributed by atoms with Crippen LogP contribution < -0.4 is 14.9 Å². The molecule has 4 nitrogen and oxygen atoms in total. The lowest BCUT2D eigenvalue weighted by Gasteiger charge is -2.12. The van der Waals surface area contributed by atoms with Crippen LogP contribution >= 0.6 is 23.2 Å². The van der Waals surface area contributed by atoms with Gasteiger partial charge < -0.3 is 14.9 Å². The summed E-state index contributed by atoms with van der Waals surface area (Å²) in [5.74, 6) is 1.46. The van der Waals surface area contributed by atoms with Gasteiger partial charge in [0.1, 0.15) is 0 Å². The van der Waals surface area contributed by atoms with E-state index in [2.05, 4.69) is 17.5 Å². The van der Waals surface area contributed by atoms with E-state index in [0.29, 0.717) is 35.6 Å². The molecule has 0 amide bonds. The lowest BCUT2D eigenvalue weighted by Crippen LogP contribution is -2.07. The molecule has 1 N–H and O–H groups in total. The van der Waals surface area contributed by atoms with Crippen molar-refractivity contribution in [3.63, 3.8) is 0 Å². The summed E-state index contributed by atoms with van der Waals surface area (Å²) < 4.78 is 11.3. The van der Waals surface area contributed by atoms with Crippen LogP contribution in [0.1, 0.15) is 31.4 Å². The quantitative estimate of drug-likeness (QED) is 0.473. The zero-order valence-electron chi connectivity index (χ0n) is 14.4. The number of hydrogen-bond donors (Lipinski definition) is 1. The van der Waals surface area contributed by atoms with Crippen LogP contribution in [-0.2, 0) is 6.54 Å². The van der Waals surface area contributed by atoms with E-state index in [9.17, 15) is 0 Å². The first-order valence-corrected chi connectivity index (χ1v) is 8.99. The normalized spacial score (nSPS) is 10.9. The van der Waals surface area contributed by atoms with Gasteiger partial charge in [-0.1, -0.05) is 36.2 Å². The zero-order chi connectivity index (χ0) is 18.1. The second-order valence-corrected chi connectivity index (χ2v) is 6.10. The minimum atomic E-state index is 0.449. The van der Waals surface area contributed by atoms with Crippen molar-refractivity contribution in [1.82, 2.24) is 5.43 Å². The number of ether oxygens (including phenoxy) is 2.